The maximum Gasteiger partial charge on any atom is 0.344 e. The van der Waals surface area contributed by atoms with Crippen molar-refractivity contribution in [3.8, 4) is 5.75 Å². The molecule has 0 fully saturated rings. The van der Waals surface area contributed by atoms with Gasteiger partial charge in [0.05, 0.1) is 12.0 Å². The Hall–Kier alpha value is -2.00. The summed E-state index contributed by atoms with van der Waals surface area (Å²) in [5, 5.41) is 2.41. The molecule has 21 heavy (non-hydrogen) atoms. The van der Waals surface area contributed by atoms with Crippen LogP contribution in [-0.2, 0) is 0 Å². The Labute approximate surface area is 127 Å². The van der Waals surface area contributed by atoms with Gasteiger partial charge in [0.2, 0.25) is 0 Å². The molecule has 4 heteroatoms. The molecule has 0 amide bonds. The first-order chi connectivity index (χ1) is 10.3. The maximum absolute atomic E-state index is 12.0. The highest BCUT2D eigenvalue weighted by Crippen LogP contribution is 2.26. The fourth-order valence-electron chi connectivity index (χ4n) is 2.34. The molecule has 0 radical (unpaired) electrons. The van der Waals surface area contributed by atoms with Gasteiger partial charge in [-0.1, -0.05) is 18.2 Å². The first kappa shape index (κ1) is 14.0. The van der Waals surface area contributed by atoms with Crippen molar-refractivity contribution in [3.63, 3.8) is 0 Å². The van der Waals surface area contributed by atoms with Gasteiger partial charge in [-0.05, 0) is 36.4 Å². The Balaban J connectivity index is 1.99. The van der Waals surface area contributed by atoms with Crippen molar-refractivity contribution in [3.05, 3.63) is 52.9 Å². The van der Waals surface area contributed by atoms with E-state index < -0.39 is 0 Å². The van der Waals surface area contributed by atoms with Gasteiger partial charge in [0.15, 0.2) is 0 Å². The van der Waals surface area contributed by atoms with E-state index in [4.69, 9.17) is 20.8 Å². The molecule has 3 rings (SSSR count). The minimum atomic E-state index is -0.322. The number of alkyl halides is 1. The van der Waals surface area contributed by atoms with Crippen LogP contribution in [0.15, 0.2) is 51.7 Å². The van der Waals surface area contributed by atoms with E-state index in [9.17, 15) is 4.79 Å². The van der Waals surface area contributed by atoms with Crippen LogP contribution in [0.5, 0.6) is 5.75 Å². The van der Waals surface area contributed by atoms with Gasteiger partial charge in [-0.25, -0.2) is 4.79 Å². The Morgan fingerprint density at radius 1 is 1.00 bits per heavy atom. The average molecular weight is 303 g/mol. The van der Waals surface area contributed by atoms with E-state index in [1.807, 2.05) is 30.3 Å². The number of hydrogen-bond acceptors (Lipinski definition) is 3. The molecule has 3 aromatic rings. The molecule has 0 N–H and O–H groups in total. The summed E-state index contributed by atoms with van der Waals surface area (Å²) >= 11 is 5.63. The van der Waals surface area contributed by atoms with Crippen molar-refractivity contribution in [1.29, 1.82) is 0 Å². The smallest absolute Gasteiger partial charge is 0.344 e. The van der Waals surface area contributed by atoms with Gasteiger partial charge in [0.25, 0.3) is 0 Å². The van der Waals surface area contributed by atoms with Crippen LogP contribution < -0.4 is 10.4 Å². The van der Waals surface area contributed by atoms with Crippen LogP contribution >= 0.6 is 11.6 Å². The lowest BCUT2D eigenvalue weighted by molar-refractivity contribution is 0.309. The SMILES string of the molecule is O=c1oc2cc(OCCCCCl)ccc2c2ccccc12. The quantitative estimate of drug-likeness (QED) is 0.304. The van der Waals surface area contributed by atoms with Crippen LogP contribution in [0.25, 0.3) is 21.7 Å². The number of fused-ring (bicyclic) bond motifs is 3. The first-order valence-corrected chi connectivity index (χ1v) is 7.47. The van der Waals surface area contributed by atoms with Crippen molar-refractivity contribution in [2.45, 2.75) is 12.8 Å². The molecule has 0 aliphatic heterocycles. The third-order valence-electron chi connectivity index (χ3n) is 3.39. The van der Waals surface area contributed by atoms with Crippen LogP contribution in [-0.4, -0.2) is 12.5 Å². The monoisotopic (exact) mass is 302 g/mol. The zero-order chi connectivity index (χ0) is 14.7. The highest BCUT2D eigenvalue weighted by molar-refractivity contribution is 6.17. The molecule has 108 valence electrons. The molecule has 0 unspecified atom stereocenters. The molecular weight excluding hydrogens is 288 g/mol. The van der Waals surface area contributed by atoms with Gasteiger partial charge in [-0.3, -0.25) is 0 Å². The van der Waals surface area contributed by atoms with Crippen LogP contribution in [0, 0.1) is 0 Å². The van der Waals surface area contributed by atoms with E-state index in [2.05, 4.69) is 0 Å². The number of unbranched alkanes of at least 4 members (excludes halogenated alkanes) is 1. The summed E-state index contributed by atoms with van der Waals surface area (Å²) in [5.41, 5.74) is 0.228. The normalized spacial score (nSPS) is 11.1. The van der Waals surface area contributed by atoms with Gasteiger partial charge >= 0.3 is 5.63 Å². The molecule has 0 atom stereocenters. The molecule has 0 bridgehead atoms. The van der Waals surface area contributed by atoms with E-state index in [-0.39, 0.29) is 5.63 Å². The van der Waals surface area contributed by atoms with Gasteiger partial charge in [-0.2, -0.15) is 0 Å². The van der Waals surface area contributed by atoms with Crippen LogP contribution in [0.4, 0.5) is 0 Å². The lowest BCUT2D eigenvalue weighted by atomic mass is 10.1. The van der Waals surface area contributed by atoms with Crippen LogP contribution in [0.3, 0.4) is 0 Å². The van der Waals surface area contributed by atoms with Crippen molar-refractivity contribution < 1.29 is 9.15 Å². The summed E-state index contributed by atoms with van der Waals surface area (Å²) in [6, 6.07) is 13.0. The van der Waals surface area contributed by atoms with Crippen molar-refractivity contribution in [2.24, 2.45) is 0 Å². The van der Waals surface area contributed by atoms with Gasteiger partial charge < -0.3 is 9.15 Å². The number of halogens is 1. The molecule has 1 heterocycles. The predicted molar refractivity (Wildman–Crippen MR) is 85.4 cm³/mol. The zero-order valence-electron chi connectivity index (χ0n) is 11.5. The Morgan fingerprint density at radius 3 is 2.62 bits per heavy atom. The molecule has 0 saturated carbocycles. The minimum absolute atomic E-state index is 0.322. The lowest BCUT2D eigenvalue weighted by Gasteiger charge is -2.07. The molecule has 2 aromatic carbocycles. The van der Waals surface area contributed by atoms with E-state index in [0.717, 1.165) is 23.6 Å². The van der Waals surface area contributed by atoms with E-state index in [1.165, 1.54) is 0 Å². The van der Waals surface area contributed by atoms with Crippen molar-refractivity contribution >= 4 is 33.3 Å². The van der Waals surface area contributed by atoms with Crippen molar-refractivity contribution in [2.75, 3.05) is 12.5 Å². The Morgan fingerprint density at radius 2 is 1.81 bits per heavy atom. The zero-order valence-corrected chi connectivity index (χ0v) is 12.2. The van der Waals surface area contributed by atoms with Crippen LogP contribution in [0.1, 0.15) is 12.8 Å². The van der Waals surface area contributed by atoms with Gasteiger partial charge in [0, 0.05) is 17.3 Å². The molecule has 0 spiro atoms. The van der Waals surface area contributed by atoms with Gasteiger partial charge in [-0.15, -0.1) is 11.6 Å². The highest BCUT2D eigenvalue weighted by Gasteiger charge is 2.07. The second-order valence-electron chi connectivity index (χ2n) is 4.84. The number of rotatable bonds is 5. The second-order valence-corrected chi connectivity index (χ2v) is 5.22. The third-order valence-corrected chi connectivity index (χ3v) is 3.66. The van der Waals surface area contributed by atoms with E-state index in [0.29, 0.717) is 29.2 Å². The Bertz CT molecular complexity index is 823. The summed E-state index contributed by atoms with van der Waals surface area (Å²) in [6.45, 7) is 0.607. The largest absolute Gasteiger partial charge is 0.493 e. The average Bonchev–Trinajstić information content (AvgIpc) is 2.52. The summed E-state index contributed by atoms with van der Waals surface area (Å²) in [5.74, 6) is 1.34. The summed E-state index contributed by atoms with van der Waals surface area (Å²) < 4.78 is 11.0. The summed E-state index contributed by atoms with van der Waals surface area (Å²) in [7, 11) is 0. The summed E-state index contributed by atoms with van der Waals surface area (Å²) in [4.78, 5) is 12.0. The van der Waals surface area contributed by atoms with Crippen LogP contribution in [0.2, 0.25) is 0 Å². The minimum Gasteiger partial charge on any atom is -0.493 e. The standard InChI is InChI=1S/C17H15ClO3/c18-9-3-4-10-20-12-7-8-14-13-5-1-2-6-15(13)17(19)21-16(14)11-12/h1-2,5-8,11H,3-4,9-10H2. The fourth-order valence-corrected chi connectivity index (χ4v) is 2.53. The molecule has 0 saturated heterocycles. The molecule has 1 aromatic heterocycles. The highest BCUT2D eigenvalue weighted by atomic mass is 35.5. The number of hydrogen-bond donors (Lipinski definition) is 0. The third kappa shape index (κ3) is 2.88. The number of ether oxygens (including phenoxy) is 1. The first-order valence-electron chi connectivity index (χ1n) is 6.94. The molecule has 0 aliphatic carbocycles. The molecule has 0 aliphatic rings. The molecule has 3 nitrogen and oxygen atoms in total. The topological polar surface area (TPSA) is 39.4 Å². The maximum atomic E-state index is 12.0. The second kappa shape index (κ2) is 6.19. The van der Waals surface area contributed by atoms with E-state index in [1.54, 1.807) is 12.1 Å². The fraction of sp³-hybridized carbons (Fsp3) is 0.235. The molecular formula is C17H15ClO3. The Kier molecular flexibility index (Phi) is 4.11. The van der Waals surface area contributed by atoms with Gasteiger partial charge in [0.1, 0.15) is 11.3 Å². The predicted octanol–water partition coefficient (Wildman–Crippen LogP) is 4.34. The van der Waals surface area contributed by atoms with Crippen molar-refractivity contribution in [1.82, 2.24) is 0 Å². The number of benzene rings is 2. The van der Waals surface area contributed by atoms with E-state index >= 15 is 0 Å². The summed E-state index contributed by atoms with van der Waals surface area (Å²) in [6.07, 6.45) is 1.83. The lowest BCUT2D eigenvalue weighted by Crippen LogP contribution is -2.00.